The molecular weight excluding hydrogens is 193 g/mol. The van der Waals surface area contributed by atoms with Gasteiger partial charge in [0.05, 0.1) is 23.3 Å². The molecule has 3 nitrogen and oxygen atoms in total. The summed E-state index contributed by atoms with van der Waals surface area (Å²) in [4.78, 5) is 11.5. The van der Waals surface area contributed by atoms with Crippen molar-refractivity contribution < 1.29 is 4.39 Å². The average molecular weight is 198 g/mol. The summed E-state index contributed by atoms with van der Waals surface area (Å²) >= 11 is 5.75. The molecule has 0 saturated heterocycles. The standard InChI is InChI=1S/C8H5ClFN3/c1-4-12-6-3-11-2-5(10)7(6)8(9)13-4/h2-3H,1H3. The lowest BCUT2D eigenvalue weighted by Crippen LogP contribution is -1.93. The van der Waals surface area contributed by atoms with Gasteiger partial charge in [0.2, 0.25) is 0 Å². The number of hydrogen-bond acceptors (Lipinski definition) is 3. The second kappa shape index (κ2) is 2.88. The SMILES string of the molecule is Cc1nc(Cl)c2c(F)cncc2n1. The highest BCUT2D eigenvalue weighted by Crippen LogP contribution is 2.21. The monoisotopic (exact) mass is 197 g/mol. The fourth-order valence-corrected chi connectivity index (χ4v) is 1.42. The van der Waals surface area contributed by atoms with E-state index in [1.807, 2.05) is 0 Å². The Kier molecular flexibility index (Phi) is 1.84. The number of halogens is 2. The molecule has 0 spiro atoms. The summed E-state index contributed by atoms with van der Waals surface area (Å²) in [5.41, 5.74) is 0.428. The lowest BCUT2D eigenvalue weighted by Gasteiger charge is -2.00. The Morgan fingerprint density at radius 1 is 1.31 bits per heavy atom. The molecule has 0 saturated carbocycles. The van der Waals surface area contributed by atoms with Crippen LogP contribution >= 0.6 is 11.6 Å². The van der Waals surface area contributed by atoms with E-state index in [4.69, 9.17) is 11.6 Å². The van der Waals surface area contributed by atoms with Crippen LogP contribution in [-0.4, -0.2) is 15.0 Å². The maximum atomic E-state index is 13.2. The number of pyridine rings is 1. The summed E-state index contributed by atoms with van der Waals surface area (Å²) in [5.74, 6) is 0.00685. The highest BCUT2D eigenvalue weighted by Gasteiger charge is 2.08. The topological polar surface area (TPSA) is 38.7 Å². The minimum atomic E-state index is -0.498. The van der Waals surface area contributed by atoms with Crippen LogP contribution in [0, 0.1) is 12.7 Å². The largest absolute Gasteiger partial charge is 0.259 e. The molecule has 0 amide bonds. The van der Waals surface area contributed by atoms with E-state index >= 15 is 0 Å². The molecule has 0 aromatic carbocycles. The number of nitrogens with zero attached hydrogens (tertiary/aromatic N) is 3. The summed E-state index contributed by atoms with van der Waals surface area (Å²) in [6, 6.07) is 0. The highest BCUT2D eigenvalue weighted by atomic mass is 35.5. The van der Waals surface area contributed by atoms with Crippen LogP contribution in [-0.2, 0) is 0 Å². The van der Waals surface area contributed by atoms with Crippen molar-refractivity contribution in [3.63, 3.8) is 0 Å². The zero-order valence-electron chi connectivity index (χ0n) is 6.75. The summed E-state index contributed by atoms with van der Waals surface area (Å²) in [6.45, 7) is 1.69. The molecule has 0 aliphatic heterocycles. The molecule has 0 aliphatic rings. The third-order valence-corrected chi connectivity index (χ3v) is 1.90. The van der Waals surface area contributed by atoms with E-state index in [1.165, 1.54) is 6.20 Å². The maximum absolute atomic E-state index is 13.2. The van der Waals surface area contributed by atoms with Crippen molar-refractivity contribution in [1.82, 2.24) is 15.0 Å². The summed E-state index contributed by atoms with van der Waals surface area (Å²) in [5, 5.41) is 0.352. The van der Waals surface area contributed by atoms with Crippen molar-refractivity contribution in [1.29, 1.82) is 0 Å². The van der Waals surface area contributed by atoms with Crippen LogP contribution in [0.1, 0.15) is 5.82 Å². The van der Waals surface area contributed by atoms with Gasteiger partial charge < -0.3 is 0 Å². The van der Waals surface area contributed by atoms with Crippen molar-refractivity contribution >= 4 is 22.5 Å². The van der Waals surface area contributed by atoms with E-state index in [0.29, 0.717) is 11.3 Å². The van der Waals surface area contributed by atoms with Crippen LogP contribution in [0.3, 0.4) is 0 Å². The predicted molar refractivity (Wildman–Crippen MR) is 47.0 cm³/mol. The molecule has 66 valence electrons. The third-order valence-electron chi connectivity index (χ3n) is 1.63. The van der Waals surface area contributed by atoms with E-state index in [0.717, 1.165) is 6.20 Å². The lowest BCUT2D eigenvalue weighted by molar-refractivity contribution is 0.633. The Hall–Kier alpha value is -1.29. The van der Waals surface area contributed by atoms with E-state index < -0.39 is 5.82 Å². The first kappa shape index (κ1) is 8.31. The second-order valence-electron chi connectivity index (χ2n) is 2.58. The molecule has 5 heteroatoms. The van der Waals surface area contributed by atoms with Gasteiger partial charge in [-0.15, -0.1) is 0 Å². The van der Waals surface area contributed by atoms with E-state index in [-0.39, 0.29) is 10.5 Å². The van der Waals surface area contributed by atoms with Crippen LogP contribution < -0.4 is 0 Å². The maximum Gasteiger partial charge on any atom is 0.153 e. The van der Waals surface area contributed by atoms with Crippen molar-refractivity contribution in [2.75, 3.05) is 0 Å². The Bertz CT molecular complexity index is 472. The summed E-state index contributed by atoms with van der Waals surface area (Å²) in [7, 11) is 0. The zero-order chi connectivity index (χ0) is 9.42. The first-order valence-electron chi connectivity index (χ1n) is 3.62. The second-order valence-corrected chi connectivity index (χ2v) is 2.94. The fraction of sp³-hybridized carbons (Fsp3) is 0.125. The van der Waals surface area contributed by atoms with Gasteiger partial charge in [-0.2, -0.15) is 0 Å². The highest BCUT2D eigenvalue weighted by molar-refractivity contribution is 6.34. The molecule has 0 fully saturated rings. The molecule has 0 atom stereocenters. The van der Waals surface area contributed by atoms with Gasteiger partial charge in [0, 0.05) is 0 Å². The minimum absolute atomic E-state index is 0.127. The smallest absolute Gasteiger partial charge is 0.153 e. The zero-order valence-corrected chi connectivity index (χ0v) is 7.51. The first-order valence-corrected chi connectivity index (χ1v) is 3.99. The molecule has 0 unspecified atom stereocenters. The van der Waals surface area contributed by atoms with Crippen molar-refractivity contribution in [2.24, 2.45) is 0 Å². The third kappa shape index (κ3) is 1.33. The van der Waals surface area contributed by atoms with Gasteiger partial charge in [-0.05, 0) is 6.92 Å². The first-order chi connectivity index (χ1) is 6.18. The quantitative estimate of drug-likeness (QED) is 0.608. The molecule has 2 aromatic heterocycles. The molecule has 13 heavy (non-hydrogen) atoms. The summed E-state index contributed by atoms with van der Waals surface area (Å²) < 4.78 is 13.2. The van der Waals surface area contributed by atoms with Crippen LogP contribution in [0.5, 0.6) is 0 Å². The van der Waals surface area contributed by atoms with Gasteiger partial charge in [0.25, 0.3) is 0 Å². The number of aryl methyl sites for hydroxylation is 1. The Labute approximate surface area is 78.6 Å². The van der Waals surface area contributed by atoms with E-state index in [2.05, 4.69) is 15.0 Å². The van der Waals surface area contributed by atoms with E-state index in [9.17, 15) is 4.39 Å². The Morgan fingerprint density at radius 3 is 2.85 bits per heavy atom. The van der Waals surface area contributed by atoms with Gasteiger partial charge >= 0.3 is 0 Å². The predicted octanol–water partition coefficient (Wildman–Crippen LogP) is 2.13. The molecule has 0 aliphatic carbocycles. The normalized spacial score (nSPS) is 10.7. The van der Waals surface area contributed by atoms with Crippen LogP contribution in [0.25, 0.3) is 10.9 Å². The molecule has 2 heterocycles. The van der Waals surface area contributed by atoms with Gasteiger partial charge in [0.1, 0.15) is 11.0 Å². The fourth-order valence-electron chi connectivity index (χ4n) is 1.11. The van der Waals surface area contributed by atoms with Crippen molar-refractivity contribution in [3.05, 3.63) is 29.2 Å². The van der Waals surface area contributed by atoms with Gasteiger partial charge in [-0.3, -0.25) is 4.98 Å². The number of fused-ring (bicyclic) bond motifs is 1. The Morgan fingerprint density at radius 2 is 2.08 bits per heavy atom. The van der Waals surface area contributed by atoms with Crippen LogP contribution in [0.4, 0.5) is 4.39 Å². The molecule has 0 radical (unpaired) electrons. The van der Waals surface area contributed by atoms with Gasteiger partial charge in [-0.25, -0.2) is 14.4 Å². The molecular formula is C8H5ClFN3. The molecule has 2 rings (SSSR count). The average Bonchev–Trinajstić information content (AvgIpc) is 2.02. The summed E-state index contributed by atoms with van der Waals surface area (Å²) in [6.07, 6.45) is 2.55. The van der Waals surface area contributed by atoms with Gasteiger partial charge in [0.15, 0.2) is 5.82 Å². The van der Waals surface area contributed by atoms with Crippen molar-refractivity contribution in [3.8, 4) is 0 Å². The Balaban J connectivity index is 2.94. The molecule has 0 N–H and O–H groups in total. The molecule has 2 aromatic rings. The van der Waals surface area contributed by atoms with Gasteiger partial charge in [-0.1, -0.05) is 11.6 Å². The number of hydrogen-bond donors (Lipinski definition) is 0. The van der Waals surface area contributed by atoms with E-state index in [1.54, 1.807) is 6.92 Å². The number of aromatic nitrogens is 3. The van der Waals surface area contributed by atoms with Crippen LogP contribution in [0.15, 0.2) is 12.4 Å². The minimum Gasteiger partial charge on any atom is -0.259 e. The lowest BCUT2D eigenvalue weighted by atomic mass is 10.3. The van der Waals surface area contributed by atoms with Crippen LogP contribution in [0.2, 0.25) is 5.15 Å². The number of rotatable bonds is 0. The molecule has 0 bridgehead atoms. The van der Waals surface area contributed by atoms with Crippen molar-refractivity contribution in [2.45, 2.75) is 6.92 Å².